The van der Waals surface area contributed by atoms with Crippen molar-refractivity contribution in [2.75, 3.05) is 5.73 Å². The van der Waals surface area contributed by atoms with E-state index in [1.807, 2.05) is 18.2 Å². The average Bonchev–Trinajstić information content (AvgIpc) is 2.33. The van der Waals surface area contributed by atoms with Crippen molar-refractivity contribution < 1.29 is 4.74 Å². The maximum atomic E-state index is 6.00. The lowest BCUT2D eigenvalue weighted by atomic mass is 9.97. The van der Waals surface area contributed by atoms with Gasteiger partial charge in [-0.15, -0.1) is 0 Å². The number of hydrogen-bond acceptors (Lipinski definition) is 3. The molecule has 3 heteroatoms. The third-order valence-corrected chi connectivity index (χ3v) is 3.15. The summed E-state index contributed by atoms with van der Waals surface area (Å²) in [6.07, 6.45) is 6.58. The van der Waals surface area contributed by atoms with Gasteiger partial charge in [0.25, 0.3) is 0 Å². The fourth-order valence-electron chi connectivity index (χ4n) is 2.24. The zero-order valence-electron chi connectivity index (χ0n) is 9.61. The lowest BCUT2D eigenvalue weighted by molar-refractivity contribution is 0.153. The Morgan fingerprint density at radius 2 is 1.94 bits per heavy atom. The summed E-state index contributed by atoms with van der Waals surface area (Å²) in [5.41, 5.74) is 13.2. The number of nitrogens with two attached hydrogens (primary N) is 2. The summed E-state index contributed by atoms with van der Waals surface area (Å²) in [5, 5.41) is 0. The molecule has 0 spiro atoms. The van der Waals surface area contributed by atoms with Gasteiger partial charge in [-0.05, 0) is 43.9 Å². The average molecular weight is 220 g/mol. The summed E-state index contributed by atoms with van der Waals surface area (Å²) in [5.74, 6) is 0.906. The normalized spacial score (nSPS) is 17.3. The zero-order chi connectivity index (χ0) is 11.4. The topological polar surface area (TPSA) is 61.3 Å². The Bertz CT molecular complexity index is 346. The van der Waals surface area contributed by atoms with E-state index in [1.165, 1.54) is 19.3 Å². The van der Waals surface area contributed by atoms with Crippen molar-refractivity contribution in [2.24, 2.45) is 5.73 Å². The van der Waals surface area contributed by atoms with E-state index in [4.69, 9.17) is 16.2 Å². The molecule has 0 bridgehead atoms. The SMILES string of the molecule is NCc1cc(N)ccc1OC1CCCCC1. The number of hydrogen-bond donors (Lipinski definition) is 2. The van der Waals surface area contributed by atoms with Gasteiger partial charge in [0.15, 0.2) is 0 Å². The highest BCUT2D eigenvalue weighted by atomic mass is 16.5. The highest BCUT2D eigenvalue weighted by molar-refractivity contribution is 5.47. The molecule has 4 N–H and O–H groups in total. The van der Waals surface area contributed by atoms with E-state index in [2.05, 4.69) is 0 Å². The van der Waals surface area contributed by atoms with E-state index in [0.29, 0.717) is 12.6 Å². The molecular formula is C13H20N2O. The standard InChI is InChI=1S/C13H20N2O/c14-9-10-8-11(15)6-7-13(10)16-12-4-2-1-3-5-12/h6-8,12H,1-5,9,14-15H2. The molecule has 0 aliphatic heterocycles. The lowest BCUT2D eigenvalue weighted by Gasteiger charge is -2.24. The molecule has 0 heterocycles. The van der Waals surface area contributed by atoms with Crippen LogP contribution in [0.3, 0.4) is 0 Å². The van der Waals surface area contributed by atoms with Crippen LogP contribution in [-0.4, -0.2) is 6.10 Å². The van der Waals surface area contributed by atoms with Crippen LogP contribution in [0.5, 0.6) is 5.75 Å². The molecule has 3 nitrogen and oxygen atoms in total. The Kier molecular flexibility index (Phi) is 3.67. The molecule has 0 atom stereocenters. The highest BCUT2D eigenvalue weighted by Gasteiger charge is 2.16. The van der Waals surface area contributed by atoms with E-state index in [-0.39, 0.29) is 0 Å². The van der Waals surface area contributed by atoms with Crippen LogP contribution in [0.2, 0.25) is 0 Å². The smallest absolute Gasteiger partial charge is 0.124 e. The van der Waals surface area contributed by atoms with Crippen LogP contribution in [0, 0.1) is 0 Å². The molecule has 1 fully saturated rings. The van der Waals surface area contributed by atoms with Gasteiger partial charge in [-0.25, -0.2) is 0 Å². The summed E-state index contributed by atoms with van der Waals surface area (Å²) in [6.45, 7) is 0.479. The van der Waals surface area contributed by atoms with Gasteiger partial charge in [0.2, 0.25) is 0 Å². The van der Waals surface area contributed by atoms with E-state index < -0.39 is 0 Å². The Morgan fingerprint density at radius 1 is 1.19 bits per heavy atom. The summed E-state index contributed by atoms with van der Waals surface area (Å²) in [4.78, 5) is 0. The quantitative estimate of drug-likeness (QED) is 0.769. The number of benzene rings is 1. The number of anilines is 1. The first kappa shape index (κ1) is 11.3. The van der Waals surface area contributed by atoms with Gasteiger partial charge in [-0.2, -0.15) is 0 Å². The minimum atomic E-state index is 0.364. The summed E-state index contributed by atoms with van der Waals surface area (Å²) in [6, 6.07) is 5.71. The summed E-state index contributed by atoms with van der Waals surface area (Å²) in [7, 11) is 0. The van der Waals surface area contributed by atoms with E-state index >= 15 is 0 Å². The molecule has 0 unspecified atom stereocenters. The van der Waals surface area contributed by atoms with Crippen LogP contribution in [0.1, 0.15) is 37.7 Å². The first-order valence-electron chi connectivity index (χ1n) is 6.04. The number of ether oxygens (including phenoxy) is 1. The van der Waals surface area contributed by atoms with Crippen molar-refractivity contribution in [3.05, 3.63) is 23.8 Å². The third kappa shape index (κ3) is 2.67. The molecule has 1 aromatic carbocycles. The fourth-order valence-corrected chi connectivity index (χ4v) is 2.24. The van der Waals surface area contributed by atoms with Crippen molar-refractivity contribution in [3.8, 4) is 5.75 Å². The van der Waals surface area contributed by atoms with Crippen LogP contribution in [0.25, 0.3) is 0 Å². The Labute approximate surface area is 96.8 Å². The molecule has 1 aliphatic rings. The number of nitrogen functional groups attached to an aromatic ring is 1. The van der Waals surface area contributed by atoms with Gasteiger partial charge in [0.05, 0.1) is 6.10 Å². The second kappa shape index (κ2) is 5.21. The zero-order valence-corrected chi connectivity index (χ0v) is 9.61. The first-order chi connectivity index (χ1) is 7.79. The molecule has 0 amide bonds. The Hall–Kier alpha value is -1.22. The molecule has 88 valence electrons. The van der Waals surface area contributed by atoms with Gasteiger partial charge >= 0.3 is 0 Å². The molecule has 0 aromatic heterocycles. The lowest BCUT2D eigenvalue weighted by Crippen LogP contribution is -2.20. The van der Waals surface area contributed by atoms with Gasteiger partial charge < -0.3 is 16.2 Å². The van der Waals surface area contributed by atoms with Gasteiger partial charge in [0.1, 0.15) is 5.75 Å². The molecule has 0 saturated heterocycles. The van der Waals surface area contributed by atoms with Crippen molar-refractivity contribution in [2.45, 2.75) is 44.8 Å². The Balaban J connectivity index is 2.07. The summed E-state index contributed by atoms with van der Waals surface area (Å²) < 4.78 is 6.00. The van der Waals surface area contributed by atoms with Crippen molar-refractivity contribution in [3.63, 3.8) is 0 Å². The van der Waals surface area contributed by atoms with Crippen LogP contribution >= 0.6 is 0 Å². The highest BCUT2D eigenvalue weighted by Crippen LogP contribution is 2.27. The van der Waals surface area contributed by atoms with Crippen LogP contribution < -0.4 is 16.2 Å². The molecule has 1 saturated carbocycles. The maximum absolute atomic E-state index is 6.00. The van der Waals surface area contributed by atoms with Crippen molar-refractivity contribution in [1.29, 1.82) is 0 Å². The maximum Gasteiger partial charge on any atom is 0.124 e. The molecular weight excluding hydrogens is 200 g/mol. The molecule has 16 heavy (non-hydrogen) atoms. The predicted molar refractivity (Wildman–Crippen MR) is 66.2 cm³/mol. The monoisotopic (exact) mass is 220 g/mol. The predicted octanol–water partition coefficient (Wildman–Crippen LogP) is 2.44. The fraction of sp³-hybridized carbons (Fsp3) is 0.538. The van der Waals surface area contributed by atoms with Gasteiger partial charge in [-0.3, -0.25) is 0 Å². The van der Waals surface area contributed by atoms with Crippen LogP contribution in [-0.2, 0) is 6.54 Å². The Morgan fingerprint density at radius 3 is 2.62 bits per heavy atom. The minimum Gasteiger partial charge on any atom is -0.490 e. The minimum absolute atomic E-state index is 0.364. The van der Waals surface area contributed by atoms with Crippen LogP contribution in [0.4, 0.5) is 5.69 Å². The second-order valence-electron chi connectivity index (χ2n) is 4.45. The molecule has 0 radical (unpaired) electrons. The van der Waals surface area contributed by atoms with Crippen molar-refractivity contribution >= 4 is 5.69 Å². The largest absolute Gasteiger partial charge is 0.490 e. The summed E-state index contributed by atoms with van der Waals surface area (Å²) >= 11 is 0. The van der Waals surface area contributed by atoms with Crippen LogP contribution in [0.15, 0.2) is 18.2 Å². The number of rotatable bonds is 3. The van der Waals surface area contributed by atoms with Crippen molar-refractivity contribution in [1.82, 2.24) is 0 Å². The molecule has 1 aromatic rings. The second-order valence-corrected chi connectivity index (χ2v) is 4.45. The van der Waals surface area contributed by atoms with E-state index in [0.717, 1.165) is 29.8 Å². The first-order valence-corrected chi connectivity index (χ1v) is 6.04. The third-order valence-electron chi connectivity index (χ3n) is 3.15. The van der Waals surface area contributed by atoms with E-state index in [1.54, 1.807) is 0 Å². The van der Waals surface area contributed by atoms with E-state index in [9.17, 15) is 0 Å². The molecule has 1 aliphatic carbocycles. The van der Waals surface area contributed by atoms with Gasteiger partial charge in [-0.1, -0.05) is 6.42 Å². The molecule has 2 rings (SSSR count). The van der Waals surface area contributed by atoms with Gasteiger partial charge in [0, 0.05) is 17.8 Å².